The summed E-state index contributed by atoms with van der Waals surface area (Å²) in [6, 6.07) is 5.85. The van der Waals surface area contributed by atoms with Crippen molar-refractivity contribution >= 4 is 11.7 Å². The number of rotatable bonds is 2. The van der Waals surface area contributed by atoms with E-state index in [0.717, 1.165) is 12.1 Å². The van der Waals surface area contributed by atoms with Gasteiger partial charge in [-0.15, -0.1) is 0 Å². The SMILES string of the molecule is CCOC(=O)C1Cc2c(C)cccc2N1. The minimum Gasteiger partial charge on any atom is -0.464 e. The lowest BCUT2D eigenvalue weighted by atomic mass is 10.0. The Bertz CT molecular complexity index is 387. The van der Waals surface area contributed by atoms with Gasteiger partial charge in [0.15, 0.2) is 0 Å². The molecule has 0 bridgehead atoms. The van der Waals surface area contributed by atoms with Gasteiger partial charge in [0.1, 0.15) is 6.04 Å². The van der Waals surface area contributed by atoms with Crippen molar-refractivity contribution in [1.29, 1.82) is 0 Å². The van der Waals surface area contributed by atoms with Crippen LogP contribution in [-0.4, -0.2) is 18.6 Å². The van der Waals surface area contributed by atoms with E-state index in [1.54, 1.807) is 0 Å². The molecule has 0 radical (unpaired) electrons. The van der Waals surface area contributed by atoms with Crippen molar-refractivity contribution in [2.45, 2.75) is 26.3 Å². The predicted octanol–water partition coefficient (Wildman–Crippen LogP) is 1.89. The van der Waals surface area contributed by atoms with Gasteiger partial charge in [-0.1, -0.05) is 12.1 Å². The van der Waals surface area contributed by atoms with Gasteiger partial charge in [-0.25, -0.2) is 4.79 Å². The summed E-state index contributed by atoms with van der Waals surface area (Å²) in [7, 11) is 0. The van der Waals surface area contributed by atoms with Gasteiger partial charge < -0.3 is 10.1 Å². The maximum Gasteiger partial charge on any atom is 0.328 e. The molecule has 1 aromatic carbocycles. The van der Waals surface area contributed by atoms with E-state index in [2.05, 4.69) is 18.3 Å². The lowest BCUT2D eigenvalue weighted by molar-refractivity contribution is -0.143. The van der Waals surface area contributed by atoms with Crippen molar-refractivity contribution in [3.05, 3.63) is 29.3 Å². The third kappa shape index (κ3) is 1.82. The number of ether oxygens (including phenoxy) is 1. The second-order valence-corrected chi connectivity index (χ2v) is 3.75. The molecule has 3 heteroatoms. The molecule has 0 saturated heterocycles. The molecule has 1 N–H and O–H groups in total. The van der Waals surface area contributed by atoms with Crippen LogP contribution in [0.1, 0.15) is 18.1 Å². The number of hydrogen-bond acceptors (Lipinski definition) is 3. The summed E-state index contributed by atoms with van der Waals surface area (Å²) in [5.41, 5.74) is 3.52. The van der Waals surface area contributed by atoms with Crippen LogP contribution in [-0.2, 0) is 16.0 Å². The van der Waals surface area contributed by atoms with E-state index in [-0.39, 0.29) is 12.0 Å². The molecule has 0 saturated carbocycles. The molecule has 1 aromatic rings. The predicted molar refractivity (Wildman–Crippen MR) is 58.9 cm³/mol. The molecule has 2 rings (SSSR count). The highest BCUT2D eigenvalue weighted by Gasteiger charge is 2.28. The smallest absolute Gasteiger partial charge is 0.328 e. The Morgan fingerprint density at radius 1 is 1.60 bits per heavy atom. The van der Waals surface area contributed by atoms with Gasteiger partial charge in [0.05, 0.1) is 6.61 Å². The fourth-order valence-electron chi connectivity index (χ4n) is 1.94. The van der Waals surface area contributed by atoms with Crippen LogP contribution in [0.2, 0.25) is 0 Å². The summed E-state index contributed by atoms with van der Waals surface area (Å²) in [6.45, 7) is 4.33. The molecule has 3 nitrogen and oxygen atoms in total. The van der Waals surface area contributed by atoms with E-state index in [1.165, 1.54) is 11.1 Å². The standard InChI is InChI=1S/C12H15NO2/c1-3-15-12(14)11-7-9-8(2)5-4-6-10(9)13-11/h4-6,11,13H,3,7H2,1-2H3. The van der Waals surface area contributed by atoms with Crippen LogP contribution in [0.15, 0.2) is 18.2 Å². The molecular formula is C12H15NO2. The minimum atomic E-state index is -0.207. The topological polar surface area (TPSA) is 38.3 Å². The Labute approximate surface area is 89.4 Å². The number of aryl methyl sites for hydroxylation is 1. The first-order chi connectivity index (χ1) is 7.22. The monoisotopic (exact) mass is 205 g/mol. The molecule has 0 aromatic heterocycles. The Morgan fingerprint density at radius 2 is 2.40 bits per heavy atom. The average molecular weight is 205 g/mol. The lowest BCUT2D eigenvalue weighted by Crippen LogP contribution is -2.29. The number of nitrogens with one attached hydrogen (secondary N) is 1. The van der Waals surface area contributed by atoms with Crippen LogP contribution in [0.25, 0.3) is 0 Å². The maximum atomic E-state index is 11.5. The fraction of sp³-hybridized carbons (Fsp3) is 0.417. The quantitative estimate of drug-likeness (QED) is 0.749. The molecule has 1 atom stereocenters. The molecule has 1 unspecified atom stereocenters. The minimum absolute atomic E-state index is 0.159. The van der Waals surface area contributed by atoms with Crippen LogP contribution in [0.5, 0.6) is 0 Å². The van der Waals surface area contributed by atoms with Crippen molar-refractivity contribution in [2.24, 2.45) is 0 Å². The number of benzene rings is 1. The first-order valence-electron chi connectivity index (χ1n) is 5.24. The van der Waals surface area contributed by atoms with E-state index in [1.807, 2.05) is 19.1 Å². The second-order valence-electron chi connectivity index (χ2n) is 3.75. The summed E-state index contributed by atoms with van der Waals surface area (Å²) in [6.07, 6.45) is 0.737. The van der Waals surface area contributed by atoms with Gasteiger partial charge in [0, 0.05) is 12.1 Å². The normalized spacial score (nSPS) is 18.1. The molecular weight excluding hydrogens is 190 g/mol. The van der Waals surface area contributed by atoms with Crippen LogP contribution >= 0.6 is 0 Å². The van der Waals surface area contributed by atoms with E-state index in [4.69, 9.17) is 4.74 Å². The fourth-order valence-corrected chi connectivity index (χ4v) is 1.94. The largest absolute Gasteiger partial charge is 0.464 e. The first-order valence-corrected chi connectivity index (χ1v) is 5.24. The van der Waals surface area contributed by atoms with Gasteiger partial charge in [-0.3, -0.25) is 0 Å². The molecule has 15 heavy (non-hydrogen) atoms. The Hall–Kier alpha value is -1.51. The first kappa shape index (κ1) is 10.0. The number of anilines is 1. The Balaban J connectivity index is 2.15. The molecule has 0 spiro atoms. The maximum absolute atomic E-state index is 11.5. The zero-order valence-electron chi connectivity index (χ0n) is 9.04. The zero-order chi connectivity index (χ0) is 10.8. The highest BCUT2D eigenvalue weighted by atomic mass is 16.5. The van der Waals surface area contributed by atoms with Crippen molar-refractivity contribution in [1.82, 2.24) is 0 Å². The summed E-state index contributed by atoms with van der Waals surface area (Å²) in [5, 5.41) is 3.19. The molecule has 1 aliphatic heterocycles. The Kier molecular flexibility index (Phi) is 2.62. The van der Waals surface area contributed by atoms with Crippen molar-refractivity contribution in [3.8, 4) is 0 Å². The van der Waals surface area contributed by atoms with Gasteiger partial charge >= 0.3 is 5.97 Å². The van der Waals surface area contributed by atoms with Crippen LogP contribution in [0.4, 0.5) is 5.69 Å². The highest BCUT2D eigenvalue weighted by molar-refractivity contribution is 5.83. The third-order valence-electron chi connectivity index (χ3n) is 2.72. The van der Waals surface area contributed by atoms with Gasteiger partial charge in [-0.2, -0.15) is 0 Å². The number of esters is 1. The molecule has 0 amide bonds. The molecule has 0 aliphatic carbocycles. The lowest BCUT2D eigenvalue weighted by Gasteiger charge is -2.09. The third-order valence-corrected chi connectivity index (χ3v) is 2.72. The van der Waals surface area contributed by atoms with Crippen LogP contribution < -0.4 is 5.32 Å². The number of carbonyl (C=O) groups excluding carboxylic acids is 1. The Morgan fingerprint density at radius 3 is 3.07 bits per heavy atom. The summed E-state index contributed by atoms with van der Waals surface area (Å²) in [5.74, 6) is -0.159. The zero-order valence-corrected chi connectivity index (χ0v) is 9.04. The summed E-state index contributed by atoms with van der Waals surface area (Å²) >= 11 is 0. The molecule has 1 heterocycles. The summed E-state index contributed by atoms with van der Waals surface area (Å²) < 4.78 is 5.00. The number of carbonyl (C=O) groups is 1. The molecule has 1 aliphatic rings. The van der Waals surface area contributed by atoms with E-state index < -0.39 is 0 Å². The van der Waals surface area contributed by atoms with Crippen molar-refractivity contribution < 1.29 is 9.53 Å². The van der Waals surface area contributed by atoms with Gasteiger partial charge in [0.2, 0.25) is 0 Å². The van der Waals surface area contributed by atoms with Crippen molar-refractivity contribution in [2.75, 3.05) is 11.9 Å². The second kappa shape index (κ2) is 3.93. The van der Waals surface area contributed by atoms with Gasteiger partial charge in [0.25, 0.3) is 0 Å². The number of fused-ring (bicyclic) bond motifs is 1. The van der Waals surface area contributed by atoms with E-state index in [9.17, 15) is 4.79 Å². The van der Waals surface area contributed by atoms with Crippen molar-refractivity contribution in [3.63, 3.8) is 0 Å². The van der Waals surface area contributed by atoms with Gasteiger partial charge in [-0.05, 0) is 31.0 Å². The number of hydrogen-bond donors (Lipinski definition) is 1. The van der Waals surface area contributed by atoms with Crippen LogP contribution in [0, 0.1) is 6.92 Å². The van der Waals surface area contributed by atoms with E-state index >= 15 is 0 Å². The van der Waals surface area contributed by atoms with E-state index in [0.29, 0.717) is 6.61 Å². The highest BCUT2D eigenvalue weighted by Crippen LogP contribution is 2.28. The molecule has 0 fully saturated rings. The summed E-state index contributed by atoms with van der Waals surface area (Å²) in [4.78, 5) is 11.5. The molecule has 80 valence electrons. The van der Waals surface area contributed by atoms with Crippen LogP contribution in [0.3, 0.4) is 0 Å². The average Bonchev–Trinajstić information content (AvgIpc) is 2.63.